The summed E-state index contributed by atoms with van der Waals surface area (Å²) in [6.45, 7) is 7.11. The van der Waals surface area contributed by atoms with Crippen LogP contribution < -0.4 is 15.4 Å². The molecule has 0 amide bonds. The van der Waals surface area contributed by atoms with E-state index in [1.165, 1.54) is 5.56 Å². The van der Waals surface area contributed by atoms with Crippen LogP contribution in [0, 0.1) is 6.92 Å². The molecule has 0 bridgehead atoms. The molecule has 2 N–H and O–H groups in total. The van der Waals surface area contributed by atoms with Crippen molar-refractivity contribution in [3.8, 4) is 5.75 Å². The normalized spacial score (nSPS) is 12.7. The van der Waals surface area contributed by atoms with Gasteiger partial charge in [0.25, 0.3) is 0 Å². The summed E-state index contributed by atoms with van der Waals surface area (Å²) in [5.74, 6) is 3.33. The van der Waals surface area contributed by atoms with E-state index < -0.39 is 0 Å². The van der Waals surface area contributed by atoms with Crippen molar-refractivity contribution in [2.75, 3.05) is 27.2 Å². The van der Waals surface area contributed by atoms with E-state index in [2.05, 4.69) is 44.2 Å². The summed E-state index contributed by atoms with van der Waals surface area (Å²) in [4.78, 5) is 8.55. The highest BCUT2D eigenvalue weighted by atomic mass is 16.5. The molecule has 1 heterocycles. The zero-order valence-corrected chi connectivity index (χ0v) is 17.0. The van der Waals surface area contributed by atoms with Crippen LogP contribution in [0.15, 0.2) is 41.7 Å². The number of benzene rings is 1. The molecule has 148 valence electrons. The third-order valence-corrected chi connectivity index (χ3v) is 4.82. The Kier molecular flexibility index (Phi) is 8.68. The number of methoxy groups -OCH3 is 1. The SMILES string of the molecule is CN=C(NCCCCn1ccnc1C)NCCC(C)c1ccc(OC)cc1. The minimum atomic E-state index is 0.486. The van der Waals surface area contributed by atoms with E-state index in [1.54, 1.807) is 7.11 Å². The van der Waals surface area contributed by atoms with E-state index in [9.17, 15) is 0 Å². The molecule has 1 unspecified atom stereocenters. The molecule has 2 rings (SSSR count). The average molecular weight is 372 g/mol. The maximum atomic E-state index is 5.22. The number of hydrogen-bond acceptors (Lipinski definition) is 3. The molecule has 0 aliphatic carbocycles. The highest BCUT2D eigenvalue weighted by Crippen LogP contribution is 2.21. The summed E-state index contributed by atoms with van der Waals surface area (Å²) in [6.07, 6.45) is 7.16. The van der Waals surface area contributed by atoms with E-state index in [-0.39, 0.29) is 0 Å². The van der Waals surface area contributed by atoms with Gasteiger partial charge in [-0.15, -0.1) is 0 Å². The van der Waals surface area contributed by atoms with Crippen molar-refractivity contribution in [1.29, 1.82) is 0 Å². The number of hydrogen-bond donors (Lipinski definition) is 2. The van der Waals surface area contributed by atoms with Gasteiger partial charge in [0, 0.05) is 39.1 Å². The zero-order valence-electron chi connectivity index (χ0n) is 17.0. The lowest BCUT2D eigenvalue weighted by molar-refractivity contribution is 0.414. The van der Waals surface area contributed by atoms with Crippen LogP contribution in [-0.2, 0) is 6.54 Å². The predicted molar refractivity (Wildman–Crippen MR) is 112 cm³/mol. The smallest absolute Gasteiger partial charge is 0.190 e. The molecule has 6 nitrogen and oxygen atoms in total. The summed E-state index contributed by atoms with van der Waals surface area (Å²) >= 11 is 0. The van der Waals surface area contributed by atoms with Crippen LogP contribution in [0.1, 0.15) is 43.5 Å². The second kappa shape index (κ2) is 11.3. The van der Waals surface area contributed by atoms with Gasteiger partial charge in [-0.05, 0) is 49.8 Å². The molecular formula is C21H33N5O. The lowest BCUT2D eigenvalue weighted by atomic mass is 9.98. The first-order chi connectivity index (χ1) is 13.1. The maximum absolute atomic E-state index is 5.22. The summed E-state index contributed by atoms with van der Waals surface area (Å²) in [5, 5.41) is 6.80. The molecule has 0 saturated carbocycles. The topological polar surface area (TPSA) is 63.5 Å². The van der Waals surface area contributed by atoms with E-state index in [0.29, 0.717) is 5.92 Å². The number of aliphatic imine (C=N–C) groups is 1. The van der Waals surface area contributed by atoms with Gasteiger partial charge in [-0.3, -0.25) is 4.99 Å². The van der Waals surface area contributed by atoms with Crippen molar-refractivity contribution in [2.45, 2.75) is 45.6 Å². The largest absolute Gasteiger partial charge is 0.497 e. The van der Waals surface area contributed by atoms with Gasteiger partial charge < -0.3 is 19.9 Å². The number of guanidine groups is 1. The van der Waals surface area contributed by atoms with Gasteiger partial charge in [-0.1, -0.05) is 19.1 Å². The van der Waals surface area contributed by atoms with Crippen LogP contribution in [0.3, 0.4) is 0 Å². The van der Waals surface area contributed by atoms with Gasteiger partial charge in [0.1, 0.15) is 11.6 Å². The van der Waals surface area contributed by atoms with Gasteiger partial charge in [-0.2, -0.15) is 0 Å². The van der Waals surface area contributed by atoms with E-state index >= 15 is 0 Å². The molecule has 27 heavy (non-hydrogen) atoms. The average Bonchev–Trinajstić information content (AvgIpc) is 3.11. The van der Waals surface area contributed by atoms with Crippen molar-refractivity contribution in [2.24, 2.45) is 4.99 Å². The minimum Gasteiger partial charge on any atom is -0.497 e. The van der Waals surface area contributed by atoms with Crippen LogP contribution in [-0.4, -0.2) is 42.8 Å². The minimum absolute atomic E-state index is 0.486. The molecule has 6 heteroatoms. The van der Waals surface area contributed by atoms with Crippen molar-refractivity contribution >= 4 is 5.96 Å². The number of nitrogens with zero attached hydrogens (tertiary/aromatic N) is 3. The monoisotopic (exact) mass is 371 g/mol. The fraction of sp³-hybridized carbons (Fsp3) is 0.524. The fourth-order valence-corrected chi connectivity index (χ4v) is 2.98. The molecule has 0 aliphatic heterocycles. The molecule has 0 saturated heterocycles. The molecule has 0 fully saturated rings. The second-order valence-electron chi connectivity index (χ2n) is 6.76. The van der Waals surface area contributed by atoms with Crippen LogP contribution in [0.5, 0.6) is 5.75 Å². The summed E-state index contributed by atoms with van der Waals surface area (Å²) in [7, 11) is 3.51. The van der Waals surface area contributed by atoms with Crippen LogP contribution in [0.25, 0.3) is 0 Å². The van der Waals surface area contributed by atoms with Gasteiger partial charge in [0.15, 0.2) is 5.96 Å². The Morgan fingerprint density at radius 3 is 2.56 bits per heavy atom. The number of rotatable bonds is 10. The number of ether oxygens (including phenoxy) is 1. The van der Waals surface area contributed by atoms with Crippen molar-refractivity contribution in [3.05, 3.63) is 48.0 Å². The zero-order chi connectivity index (χ0) is 19.5. The lowest BCUT2D eigenvalue weighted by Gasteiger charge is -2.15. The molecular weight excluding hydrogens is 338 g/mol. The van der Waals surface area contributed by atoms with Crippen LogP contribution in [0.4, 0.5) is 0 Å². The van der Waals surface area contributed by atoms with Gasteiger partial charge in [-0.25, -0.2) is 4.98 Å². The molecule has 0 spiro atoms. The third-order valence-electron chi connectivity index (χ3n) is 4.82. The Hall–Kier alpha value is -2.50. The lowest BCUT2D eigenvalue weighted by Crippen LogP contribution is -2.38. The maximum Gasteiger partial charge on any atom is 0.190 e. The number of nitrogens with one attached hydrogen (secondary N) is 2. The fourth-order valence-electron chi connectivity index (χ4n) is 2.98. The molecule has 0 radical (unpaired) electrons. The molecule has 2 aromatic rings. The highest BCUT2D eigenvalue weighted by molar-refractivity contribution is 5.79. The first-order valence-electron chi connectivity index (χ1n) is 9.70. The number of unbranched alkanes of at least 4 members (excludes halogenated alkanes) is 1. The van der Waals surface area contributed by atoms with E-state index in [0.717, 1.165) is 56.4 Å². The second-order valence-corrected chi connectivity index (χ2v) is 6.76. The predicted octanol–water partition coefficient (Wildman–Crippen LogP) is 3.34. The number of aromatic nitrogens is 2. The third kappa shape index (κ3) is 6.96. The van der Waals surface area contributed by atoms with Crippen molar-refractivity contribution in [3.63, 3.8) is 0 Å². The first kappa shape index (κ1) is 20.8. The Labute approximate surface area is 163 Å². The molecule has 1 aromatic carbocycles. The first-order valence-corrected chi connectivity index (χ1v) is 9.70. The van der Waals surface area contributed by atoms with E-state index in [1.807, 2.05) is 38.5 Å². The number of imidazole rings is 1. The summed E-state index contributed by atoms with van der Waals surface area (Å²) < 4.78 is 7.40. The Bertz CT molecular complexity index is 693. The quantitative estimate of drug-likeness (QED) is 0.382. The highest BCUT2D eigenvalue weighted by Gasteiger charge is 2.06. The molecule has 0 aliphatic rings. The molecule has 1 atom stereocenters. The number of aryl methyl sites for hydroxylation is 2. The van der Waals surface area contributed by atoms with Crippen LogP contribution >= 0.6 is 0 Å². The Morgan fingerprint density at radius 2 is 1.93 bits per heavy atom. The van der Waals surface area contributed by atoms with Gasteiger partial charge in [0.2, 0.25) is 0 Å². The van der Waals surface area contributed by atoms with Gasteiger partial charge in [0.05, 0.1) is 7.11 Å². The Morgan fingerprint density at radius 1 is 1.19 bits per heavy atom. The van der Waals surface area contributed by atoms with Crippen molar-refractivity contribution < 1.29 is 4.74 Å². The standard InChI is InChI=1S/C21H33N5O/c1-17(19-7-9-20(27-4)10-8-19)11-13-25-21(22-3)24-12-5-6-15-26-16-14-23-18(26)2/h7-10,14,16-17H,5-6,11-13,15H2,1-4H3,(H2,22,24,25). The molecule has 1 aromatic heterocycles. The summed E-state index contributed by atoms with van der Waals surface area (Å²) in [5.41, 5.74) is 1.33. The Balaban J connectivity index is 1.61. The van der Waals surface area contributed by atoms with E-state index in [4.69, 9.17) is 4.74 Å². The van der Waals surface area contributed by atoms with Crippen LogP contribution in [0.2, 0.25) is 0 Å². The summed E-state index contributed by atoms with van der Waals surface area (Å²) in [6, 6.07) is 8.31. The van der Waals surface area contributed by atoms with Gasteiger partial charge >= 0.3 is 0 Å². The van der Waals surface area contributed by atoms with Crippen molar-refractivity contribution in [1.82, 2.24) is 20.2 Å².